The average molecular weight is 491 g/mol. The lowest BCUT2D eigenvalue weighted by molar-refractivity contribution is -0.139. The van der Waals surface area contributed by atoms with Gasteiger partial charge in [0, 0.05) is 31.7 Å². The molecule has 3 fully saturated rings. The Kier molecular flexibility index (Phi) is 6.77. The molecule has 1 aliphatic carbocycles. The van der Waals surface area contributed by atoms with E-state index in [2.05, 4.69) is 5.32 Å². The van der Waals surface area contributed by atoms with Gasteiger partial charge < -0.3 is 10.2 Å². The zero-order chi connectivity index (χ0) is 24.5. The Morgan fingerprint density at radius 2 is 1.53 bits per heavy atom. The minimum absolute atomic E-state index is 0.0882. The van der Waals surface area contributed by atoms with Crippen LogP contribution in [0.1, 0.15) is 55.8 Å². The third-order valence-electron chi connectivity index (χ3n) is 6.99. The SMILES string of the molecule is CC(=O)c1ccc(S(=O)(=O)N2CCN(C(=O)CN3C(=O)NC4(CCCCCC4)C3=O)CC2)cc1. The van der Waals surface area contributed by atoms with E-state index in [1.54, 1.807) is 0 Å². The van der Waals surface area contributed by atoms with Gasteiger partial charge in [-0.3, -0.25) is 19.3 Å². The summed E-state index contributed by atoms with van der Waals surface area (Å²) in [4.78, 5) is 52.4. The average Bonchev–Trinajstić information content (AvgIpc) is 2.98. The van der Waals surface area contributed by atoms with Crippen molar-refractivity contribution < 1.29 is 27.6 Å². The second-order valence-corrected chi connectivity index (χ2v) is 11.1. The van der Waals surface area contributed by atoms with E-state index in [1.807, 2.05) is 0 Å². The van der Waals surface area contributed by atoms with Crippen LogP contribution in [-0.2, 0) is 19.6 Å². The van der Waals surface area contributed by atoms with Crippen molar-refractivity contribution in [3.05, 3.63) is 29.8 Å². The Bertz CT molecular complexity index is 1080. The third-order valence-corrected chi connectivity index (χ3v) is 8.90. The second-order valence-electron chi connectivity index (χ2n) is 9.18. The van der Waals surface area contributed by atoms with Gasteiger partial charge in [0.1, 0.15) is 12.1 Å². The lowest BCUT2D eigenvalue weighted by Crippen LogP contribution is -2.53. The number of piperazine rings is 1. The van der Waals surface area contributed by atoms with Crippen molar-refractivity contribution in [3.8, 4) is 0 Å². The van der Waals surface area contributed by atoms with Crippen LogP contribution in [0.2, 0.25) is 0 Å². The van der Waals surface area contributed by atoms with Crippen molar-refractivity contribution in [1.82, 2.24) is 19.4 Å². The standard InChI is InChI=1S/C23H30N4O6S/c1-17(28)18-6-8-19(9-7-18)34(32,33)26-14-12-25(13-15-26)20(29)16-27-21(30)23(24-22(27)31)10-4-2-3-5-11-23/h6-9H,2-5,10-16H2,1H3,(H,24,31). The van der Waals surface area contributed by atoms with Crippen LogP contribution < -0.4 is 5.32 Å². The predicted molar refractivity (Wildman–Crippen MR) is 122 cm³/mol. The highest BCUT2D eigenvalue weighted by Crippen LogP contribution is 2.32. The van der Waals surface area contributed by atoms with Gasteiger partial charge in [-0.25, -0.2) is 13.2 Å². The molecule has 1 aromatic rings. The number of Topliss-reactive ketones (excluding diaryl/α,β-unsaturated/α-hetero) is 1. The van der Waals surface area contributed by atoms with E-state index in [-0.39, 0.29) is 55.2 Å². The first kappa shape index (κ1) is 24.3. The number of nitrogens with one attached hydrogen (secondary N) is 1. The van der Waals surface area contributed by atoms with Crippen molar-refractivity contribution in [1.29, 1.82) is 0 Å². The molecule has 0 atom stereocenters. The van der Waals surface area contributed by atoms with Crippen LogP contribution in [0, 0.1) is 0 Å². The lowest BCUT2D eigenvalue weighted by Gasteiger charge is -2.34. The highest BCUT2D eigenvalue weighted by atomic mass is 32.2. The molecule has 2 aliphatic heterocycles. The van der Waals surface area contributed by atoms with Crippen molar-refractivity contribution in [2.75, 3.05) is 32.7 Å². The van der Waals surface area contributed by atoms with E-state index in [0.717, 1.165) is 30.6 Å². The predicted octanol–water partition coefficient (Wildman–Crippen LogP) is 1.37. The molecule has 3 aliphatic rings. The van der Waals surface area contributed by atoms with E-state index in [4.69, 9.17) is 0 Å². The zero-order valence-corrected chi connectivity index (χ0v) is 20.1. The van der Waals surface area contributed by atoms with E-state index < -0.39 is 21.6 Å². The zero-order valence-electron chi connectivity index (χ0n) is 19.3. The first-order chi connectivity index (χ1) is 16.1. The van der Waals surface area contributed by atoms with Gasteiger partial charge in [-0.05, 0) is 31.9 Å². The molecule has 2 heterocycles. The molecule has 34 heavy (non-hydrogen) atoms. The second kappa shape index (κ2) is 9.46. The van der Waals surface area contributed by atoms with Crippen LogP contribution in [0.4, 0.5) is 4.79 Å². The Balaban J connectivity index is 1.36. The van der Waals surface area contributed by atoms with Crippen LogP contribution in [0.15, 0.2) is 29.2 Å². The largest absolute Gasteiger partial charge is 0.338 e. The maximum atomic E-state index is 13.0. The van der Waals surface area contributed by atoms with Gasteiger partial charge in [-0.2, -0.15) is 4.31 Å². The Labute approximate surface area is 199 Å². The van der Waals surface area contributed by atoms with Crippen LogP contribution >= 0.6 is 0 Å². The molecule has 1 saturated carbocycles. The van der Waals surface area contributed by atoms with Gasteiger partial charge in [0.25, 0.3) is 5.91 Å². The summed E-state index contributed by atoms with van der Waals surface area (Å²) in [6, 6.07) is 5.24. The van der Waals surface area contributed by atoms with Crippen molar-refractivity contribution in [3.63, 3.8) is 0 Å². The number of sulfonamides is 1. The molecule has 4 amide bonds. The fourth-order valence-corrected chi connectivity index (χ4v) is 6.34. The Morgan fingerprint density at radius 1 is 0.941 bits per heavy atom. The minimum Gasteiger partial charge on any atom is -0.338 e. The van der Waals surface area contributed by atoms with Crippen LogP contribution in [0.3, 0.4) is 0 Å². The lowest BCUT2D eigenvalue weighted by atomic mass is 9.90. The molecule has 2 saturated heterocycles. The fourth-order valence-electron chi connectivity index (χ4n) is 4.91. The highest BCUT2D eigenvalue weighted by molar-refractivity contribution is 7.89. The monoisotopic (exact) mass is 490 g/mol. The first-order valence-electron chi connectivity index (χ1n) is 11.7. The molecule has 10 nitrogen and oxygen atoms in total. The molecule has 4 rings (SSSR count). The molecule has 1 spiro atoms. The molecule has 0 radical (unpaired) electrons. The number of hydrogen-bond donors (Lipinski definition) is 1. The minimum atomic E-state index is -3.76. The summed E-state index contributed by atoms with van der Waals surface area (Å²) >= 11 is 0. The van der Waals surface area contributed by atoms with E-state index in [0.29, 0.717) is 18.4 Å². The molecule has 0 bridgehead atoms. The Hall–Kier alpha value is -2.79. The summed E-state index contributed by atoms with van der Waals surface area (Å²) < 4.78 is 27.2. The molecule has 1 aromatic carbocycles. The molecule has 184 valence electrons. The maximum Gasteiger partial charge on any atom is 0.325 e. The number of carbonyl (C=O) groups excluding carboxylic acids is 4. The number of urea groups is 1. The van der Waals surface area contributed by atoms with Crippen molar-refractivity contribution in [2.45, 2.75) is 55.9 Å². The summed E-state index contributed by atoms with van der Waals surface area (Å²) in [5.41, 5.74) is -0.459. The maximum absolute atomic E-state index is 13.0. The molecule has 11 heteroatoms. The number of benzene rings is 1. The summed E-state index contributed by atoms with van der Waals surface area (Å²) in [6.07, 6.45) is 4.96. The Morgan fingerprint density at radius 3 is 2.09 bits per heavy atom. The number of hydrogen-bond acceptors (Lipinski definition) is 6. The number of rotatable bonds is 5. The van der Waals surface area contributed by atoms with E-state index in [9.17, 15) is 27.6 Å². The summed E-state index contributed by atoms with van der Waals surface area (Å²) in [5, 5.41) is 2.83. The van der Waals surface area contributed by atoms with E-state index >= 15 is 0 Å². The number of nitrogens with zero attached hydrogens (tertiary/aromatic N) is 3. The normalized spacial score (nSPS) is 21.4. The number of amides is 4. The number of carbonyl (C=O) groups is 4. The number of imide groups is 1. The molecule has 1 N–H and O–H groups in total. The molecular weight excluding hydrogens is 460 g/mol. The molecule has 0 aromatic heterocycles. The van der Waals surface area contributed by atoms with E-state index in [1.165, 1.54) is 40.4 Å². The van der Waals surface area contributed by atoms with Crippen LogP contribution in [0.5, 0.6) is 0 Å². The fraction of sp³-hybridized carbons (Fsp3) is 0.565. The molecule has 0 unspecified atom stereocenters. The topological polar surface area (TPSA) is 124 Å². The summed E-state index contributed by atoms with van der Waals surface area (Å²) in [7, 11) is -3.76. The van der Waals surface area contributed by atoms with Crippen molar-refractivity contribution in [2.24, 2.45) is 0 Å². The number of ketones is 1. The van der Waals surface area contributed by atoms with Gasteiger partial charge >= 0.3 is 6.03 Å². The van der Waals surface area contributed by atoms with Gasteiger partial charge in [0.2, 0.25) is 15.9 Å². The van der Waals surface area contributed by atoms with Crippen molar-refractivity contribution >= 4 is 33.7 Å². The van der Waals surface area contributed by atoms with Gasteiger partial charge in [0.05, 0.1) is 4.90 Å². The van der Waals surface area contributed by atoms with Crippen LogP contribution in [-0.4, -0.2) is 84.4 Å². The smallest absolute Gasteiger partial charge is 0.325 e. The van der Waals surface area contributed by atoms with Gasteiger partial charge in [-0.1, -0.05) is 37.8 Å². The third kappa shape index (κ3) is 4.58. The summed E-state index contributed by atoms with van der Waals surface area (Å²) in [6.45, 7) is 1.61. The quantitative estimate of drug-likeness (QED) is 0.491. The first-order valence-corrected chi connectivity index (χ1v) is 13.1. The van der Waals surface area contributed by atoms with Gasteiger partial charge in [0.15, 0.2) is 5.78 Å². The molecular formula is C23H30N4O6S. The van der Waals surface area contributed by atoms with Crippen LogP contribution in [0.25, 0.3) is 0 Å². The van der Waals surface area contributed by atoms with Gasteiger partial charge in [-0.15, -0.1) is 0 Å². The highest BCUT2D eigenvalue weighted by Gasteiger charge is 2.51. The summed E-state index contributed by atoms with van der Waals surface area (Å²) in [5.74, 6) is -0.855.